The molecule has 0 saturated carbocycles. The Labute approximate surface area is 181 Å². The minimum atomic E-state index is -1.35. The summed E-state index contributed by atoms with van der Waals surface area (Å²) in [5.41, 5.74) is 4.96. The van der Waals surface area contributed by atoms with E-state index >= 15 is 0 Å². The summed E-state index contributed by atoms with van der Waals surface area (Å²) >= 11 is 3.70. The number of aliphatic hydroxyl groups excluding tert-OH is 3. The standard InChI is InChI=1S/C16H28N4O6S3/c1-6(7(17)11-9(22)8(21)10(23)12(25-11)27-5)28-15-20-19-13(29-15)18-14(24)26-16(2,3)4/h6-12,21-23H,17H2,1-5H3,(H,18,19,24)/t6-,7+,8?,9-,10+,11+,12?/m0/s1. The van der Waals surface area contributed by atoms with E-state index in [2.05, 4.69) is 15.5 Å². The zero-order chi connectivity index (χ0) is 21.9. The molecule has 0 bridgehead atoms. The molecule has 10 nitrogen and oxygen atoms in total. The fraction of sp³-hybridized carbons (Fsp3) is 0.812. The van der Waals surface area contributed by atoms with Gasteiger partial charge in [0.15, 0.2) is 4.34 Å². The number of aliphatic hydroxyl groups is 3. The third kappa shape index (κ3) is 6.66. The van der Waals surface area contributed by atoms with Gasteiger partial charge in [-0.2, -0.15) is 0 Å². The lowest BCUT2D eigenvalue weighted by Gasteiger charge is -2.43. The summed E-state index contributed by atoms with van der Waals surface area (Å²) in [6.45, 7) is 7.11. The van der Waals surface area contributed by atoms with Crippen molar-refractivity contribution < 1.29 is 29.6 Å². The first-order valence-corrected chi connectivity index (χ1v) is 11.9. The third-order valence-corrected chi connectivity index (χ3v) is 7.06. The first-order valence-electron chi connectivity index (χ1n) is 8.91. The molecule has 13 heteroatoms. The monoisotopic (exact) mass is 468 g/mol. The summed E-state index contributed by atoms with van der Waals surface area (Å²) in [5, 5.41) is 40.8. The molecular formula is C16H28N4O6S3. The number of rotatable bonds is 6. The quantitative estimate of drug-likeness (QED) is 0.297. The van der Waals surface area contributed by atoms with Crippen molar-refractivity contribution in [2.75, 3.05) is 11.6 Å². The highest BCUT2D eigenvalue weighted by atomic mass is 32.2. The van der Waals surface area contributed by atoms with Gasteiger partial charge in [0.05, 0.1) is 0 Å². The summed E-state index contributed by atoms with van der Waals surface area (Å²) in [6, 6.07) is -0.655. The Bertz CT molecular complexity index is 686. The molecule has 1 aromatic rings. The maximum Gasteiger partial charge on any atom is 0.414 e. The first-order chi connectivity index (χ1) is 13.4. The topological polar surface area (TPSA) is 160 Å². The molecule has 29 heavy (non-hydrogen) atoms. The van der Waals surface area contributed by atoms with E-state index in [-0.39, 0.29) is 10.4 Å². The Hall–Kier alpha value is -0.670. The zero-order valence-electron chi connectivity index (χ0n) is 16.8. The highest BCUT2D eigenvalue weighted by molar-refractivity contribution is 8.01. The second-order valence-electron chi connectivity index (χ2n) is 7.58. The molecule has 166 valence electrons. The molecule has 1 aliphatic heterocycles. The molecule has 0 radical (unpaired) electrons. The molecule has 0 spiro atoms. The van der Waals surface area contributed by atoms with E-state index in [1.54, 1.807) is 27.0 Å². The van der Waals surface area contributed by atoms with Crippen LogP contribution in [0.15, 0.2) is 4.34 Å². The average Bonchev–Trinajstić information content (AvgIpc) is 3.04. The molecule has 0 aliphatic carbocycles. The van der Waals surface area contributed by atoms with Gasteiger partial charge in [-0.3, -0.25) is 5.32 Å². The first kappa shape index (κ1) is 24.6. The van der Waals surface area contributed by atoms with E-state index in [4.69, 9.17) is 15.2 Å². The van der Waals surface area contributed by atoms with Crippen LogP contribution in [0.25, 0.3) is 0 Å². The van der Waals surface area contributed by atoms with E-state index in [1.165, 1.54) is 23.5 Å². The van der Waals surface area contributed by atoms with E-state index in [1.807, 2.05) is 6.92 Å². The third-order valence-electron chi connectivity index (χ3n) is 4.06. The largest absolute Gasteiger partial charge is 0.444 e. The Balaban J connectivity index is 1.97. The summed E-state index contributed by atoms with van der Waals surface area (Å²) in [6.07, 6.45) is -3.61. The van der Waals surface area contributed by atoms with E-state index in [0.29, 0.717) is 4.34 Å². The van der Waals surface area contributed by atoms with Crippen molar-refractivity contribution in [2.45, 2.75) is 78.8 Å². The van der Waals surface area contributed by atoms with Crippen LogP contribution in [0, 0.1) is 0 Å². The zero-order valence-corrected chi connectivity index (χ0v) is 19.3. The number of hydrogen-bond donors (Lipinski definition) is 5. The Morgan fingerprint density at radius 1 is 1.28 bits per heavy atom. The summed E-state index contributed by atoms with van der Waals surface area (Å²) < 4.78 is 11.4. The summed E-state index contributed by atoms with van der Waals surface area (Å²) in [7, 11) is 0. The van der Waals surface area contributed by atoms with Gasteiger partial charge in [-0.25, -0.2) is 4.79 Å². The van der Waals surface area contributed by atoms with Crippen molar-refractivity contribution >= 4 is 46.1 Å². The molecule has 1 amide bonds. The van der Waals surface area contributed by atoms with Crippen molar-refractivity contribution in [3.63, 3.8) is 0 Å². The lowest BCUT2D eigenvalue weighted by molar-refractivity contribution is -0.202. The minimum absolute atomic E-state index is 0.262. The van der Waals surface area contributed by atoms with Crippen molar-refractivity contribution in [2.24, 2.45) is 5.73 Å². The van der Waals surface area contributed by atoms with Crippen LogP contribution >= 0.6 is 34.9 Å². The lowest BCUT2D eigenvalue weighted by Crippen LogP contribution is -2.62. The van der Waals surface area contributed by atoms with Gasteiger partial charge in [0.25, 0.3) is 0 Å². The number of anilines is 1. The summed E-state index contributed by atoms with van der Waals surface area (Å²) in [4.78, 5) is 11.8. The molecule has 0 aromatic carbocycles. The SMILES string of the molecule is CSC1O[C@H]([C@H](N)[C@H](C)Sc2nnc(NC(=O)OC(C)(C)C)s2)[C@@H](O)C(O)[C@H]1O. The number of thioether (sulfide) groups is 2. The van der Waals surface area contributed by atoms with Crippen LogP contribution in [0.3, 0.4) is 0 Å². The van der Waals surface area contributed by atoms with Gasteiger partial charge in [0, 0.05) is 11.3 Å². The van der Waals surface area contributed by atoms with Gasteiger partial charge in [-0.15, -0.1) is 22.0 Å². The number of nitrogens with two attached hydrogens (primary N) is 1. The van der Waals surface area contributed by atoms with Gasteiger partial charge < -0.3 is 30.5 Å². The van der Waals surface area contributed by atoms with Crippen molar-refractivity contribution in [1.82, 2.24) is 10.2 Å². The fourth-order valence-corrected chi connectivity index (χ4v) is 5.34. The van der Waals surface area contributed by atoms with Crippen molar-refractivity contribution in [1.29, 1.82) is 0 Å². The molecule has 2 rings (SSSR count). The fourth-order valence-electron chi connectivity index (χ4n) is 2.59. The Morgan fingerprint density at radius 3 is 2.52 bits per heavy atom. The van der Waals surface area contributed by atoms with Crippen molar-refractivity contribution in [3.8, 4) is 0 Å². The predicted molar refractivity (Wildman–Crippen MR) is 113 cm³/mol. The number of carbonyl (C=O) groups excluding carboxylic acids is 1. The molecular weight excluding hydrogens is 440 g/mol. The number of carbonyl (C=O) groups is 1. The summed E-state index contributed by atoms with van der Waals surface area (Å²) in [5.74, 6) is 0. The van der Waals surface area contributed by atoms with Crippen LogP contribution in [0.2, 0.25) is 0 Å². The van der Waals surface area contributed by atoms with E-state index in [0.717, 1.165) is 11.3 Å². The van der Waals surface area contributed by atoms with Gasteiger partial charge in [-0.05, 0) is 27.0 Å². The average molecular weight is 469 g/mol. The highest BCUT2D eigenvalue weighted by Crippen LogP contribution is 2.34. The van der Waals surface area contributed by atoms with Crippen LogP contribution in [0.1, 0.15) is 27.7 Å². The number of ether oxygens (including phenoxy) is 2. The maximum atomic E-state index is 11.8. The minimum Gasteiger partial charge on any atom is -0.444 e. The van der Waals surface area contributed by atoms with Crippen LogP contribution in [-0.2, 0) is 9.47 Å². The van der Waals surface area contributed by atoms with Crippen LogP contribution < -0.4 is 11.1 Å². The smallest absolute Gasteiger partial charge is 0.414 e. The molecule has 1 saturated heterocycles. The second kappa shape index (κ2) is 10.1. The van der Waals surface area contributed by atoms with Crippen molar-refractivity contribution in [3.05, 3.63) is 0 Å². The number of nitrogens with zero attached hydrogens (tertiary/aromatic N) is 2. The number of amides is 1. The van der Waals surface area contributed by atoms with E-state index in [9.17, 15) is 20.1 Å². The Kier molecular flexibility index (Phi) is 8.56. The maximum absolute atomic E-state index is 11.8. The number of aromatic nitrogens is 2. The molecule has 7 atom stereocenters. The predicted octanol–water partition coefficient (Wildman–Crippen LogP) is 0.864. The molecule has 1 aliphatic rings. The van der Waals surface area contributed by atoms with Crippen LogP contribution in [-0.4, -0.2) is 84.6 Å². The molecule has 2 heterocycles. The van der Waals surface area contributed by atoms with Gasteiger partial charge in [0.1, 0.15) is 35.5 Å². The second-order valence-corrected chi connectivity index (χ2v) is 11.1. The van der Waals surface area contributed by atoms with E-state index < -0.39 is 47.6 Å². The van der Waals surface area contributed by atoms with Crippen LogP contribution in [0.4, 0.5) is 9.93 Å². The molecule has 6 N–H and O–H groups in total. The van der Waals surface area contributed by atoms with Gasteiger partial charge in [-0.1, -0.05) is 30.0 Å². The Morgan fingerprint density at radius 2 is 1.93 bits per heavy atom. The highest BCUT2D eigenvalue weighted by Gasteiger charge is 2.46. The lowest BCUT2D eigenvalue weighted by atomic mass is 9.94. The number of nitrogens with one attached hydrogen (secondary N) is 1. The van der Waals surface area contributed by atoms with Gasteiger partial charge >= 0.3 is 6.09 Å². The van der Waals surface area contributed by atoms with Gasteiger partial charge in [0.2, 0.25) is 5.13 Å². The molecule has 2 unspecified atom stereocenters. The normalized spacial score (nSPS) is 29.9. The molecule has 1 fully saturated rings. The molecule has 1 aromatic heterocycles. The number of hydrogen-bond acceptors (Lipinski definition) is 12. The van der Waals surface area contributed by atoms with Crippen LogP contribution in [0.5, 0.6) is 0 Å².